The third-order valence-electron chi connectivity index (χ3n) is 3.81. The lowest BCUT2D eigenvalue weighted by molar-refractivity contribution is -0.121. The Labute approximate surface area is 135 Å². The van der Waals surface area contributed by atoms with E-state index in [1.165, 1.54) is 0 Å². The number of amides is 1. The smallest absolute Gasteiger partial charge is 0.226 e. The topological polar surface area (TPSA) is 97.0 Å². The molecule has 1 saturated heterocycles. The zero-order valence-corrected chi connectivity index (χ0v) is 12.9. The highest BCUT2D eigenvalue weighted by Gasteiger charge is 2.23. The molecule has 23 heavy (non-hydrogen) atoms. The fourth-order valence-corrected chi connectivity index (χ4v) is 2.71. The Morgan fingerprint density at radius 3 is 2.87 bits per heavy atom. The van der Waals surface area contributed by atoms with Gasteiger partial charge in [-0.15, -0.1) is 0 Å². The molecule has 2 aromatic heterocycles. The summed E-state index contributed by atoms with van der Waals surface area (Å²) in [5.41, 5.74) is 6.91. The molecule has 1 unspecified atom stereocenters. The van der Waals surface area contributed by atoms with Gasteiger partial charge in [-0.2, -0.15) is 0 Å². The van der Waals surface area contributed by atoms with Gasteiger partial charge in [-0.3, -0.25) is 9.78 Å². The van der Waals surface area contributed by atoms with Crippen molar-refractivity contribution in [2.24, 2.45) is 0 Å². The van der Waals surface area contributed by atoms with E-state index in [1.54, 1.807) is 36.8 Å². The van der Waals surface area contributed by atoms with E-state index in [4.69, 9.17) is 5.73 Å². The number of nitrogens with zero attached hydrogens (tertiary/aromatic N) is 4. The van der Waals surface area contributed by atoms with Crippen molar-refractivity contribution in [2.45, 2.75) is 25.3 Å². The highest BCUT2D eigenvalue weighted by molar-refractivity contribution is 5.78. The molecular formula is C16H20N6O. The summed E-state index contributed by atoms with van der Waals surface area (Å²) >= 11 is 0. The number of nitrogen functional groups attached to an aromatic ring is 1. The number of nitrogens with one attached hydrogen (secondary N) is 1. The maximum absolute atomic E-state index is 12.2. The third-order valence-corrected chi connectivity index (χ3v) is 3.81. The summed E-state index contributed by atoms with van der Waals surface area (Å²) in [6.45, 7) is 1.64. The van der Waals surface area contributed by atoms with E-state index in [2.05, 4.69) is 25.2 Å². The number of nitrogens with two attached hydrogens (primary N) is 1. The van der Waals surface area contributed by atoms with Crippen LogP contribution >= 0.6 is 0 Å². The monoisotopic (exact) mass is 312 g/mol. The van der Waals surface area contributed by atoms with Crippen LogP contribution in [0.5, 0.6) is 0 Å². The van der Waals surface area contributed by atoms with Crippen LogP contribution in [0, 0.1) is 0 Å². The highest BCUT2D eigenvalue weighted by Crippen LogP contribution is 2.15. The first-order valence-corrected chi connectivity index (χ1v) is 7.72. The van der Waals surface area contributed by atoms with Crippen LogP contribution in [0.4, 0.5) is 11.6 Å². The number of carbonyl (C=O) groups excluding carboxylic acids is 1. The van der Waals surface area contributed by atoms with Crippen LogP contribution < -0.4 is 16.0 Å². The molecule has 7 heteroatoms. The van der Waals surface area contributed by atoms with Gasteiger partial charge in [0.15, 0.2) is 0 Å². The van der Waals surface area contributed by atoms with Gasteiger partial charge in [-0.05, 0) is 31.0 Å². The third kappa shape index (κ3) is 4.15. The maximum Gasteiger partial charge on any atom is 0.226 e. The summed E-state index contributed by atoms with van der Waals surface area (Å²) in [5, 5.41) is 3.07. The molecule has 120 valence electrons. The minimum atomic E-state index is -0.0249. The molecule has 1 aliphatic heterocycles. The maximum atomic E-state index is 12.2. The summed E-state index contributed by atoms with van der Waals surface area (Å²) < 4.78 is 0. The van der Waals surface area contributed by atoms with Crippen molar-refractivity contribution < 1.29 is 4.79 Å². The van der Waals surface area contributed by atoms with E-state index in [1.807, 2.05) is 0 Å². The second-order valence-electron chi connectivity index (χ2n) is 5.66. The number of anilines is 2. The number of hydrogen-bond acceptors (Lipinski definition) is 6. The highest BCUT2D eigenvalue weighted by atomic mass is 16.1. The number of pyridine rings is 1. The van der Waals surface area contributed by atoms with Crippen LogP contribution in [0.3, 0.4) is 0 Å². The van der Waals surface area contributed by atoms with Gasteiger partial charge in [0.25, 0.3) is 0 Å². The molecule has 0 aromatic carbocycles. The molecule has 3 heterocycles. The van der Waals surface area contributed by atoms with Gasteiger partial charge in [-0.25, -0.2) is 9.97 Å². The second-order valence-corrected chi connectivity index (χ2v) is 5.66. The van der Waals surface area contributed by atoms with Crippen molar-refractivity contribution >= 4 is 17.5 Å². The molecule has 0 aliphatic carbocycles. The van der Waals surface area contributed by atoms with Crippen molar-refractivity contribution in [3.8, 4) is 0 Å². The van der Waals surface area contributed by atoms with Gasteiger partial charge in [0.1, 0.15) is 0 Å². The lowest BCUT2D eigenvalue weighted by Gasteiger charge is -2.33. The molecule has 3 rings (SSSR count). The van der Waals surface area contributed by atoms with Crippen LogP contribution in [0.1, 0.15) is 18.5 Å². The van der Waals surface area contributed by atoms with Gasteiger partial charge < -0.3 is 16.0 Å². The minimum absolute atomic E-state index is 0.0249. The zero-order valence-electron chi connectivity index (χ0n) is 12.9. The summed E-state index contributed by atoms with van der Waals surface area (Å²) in [4.78, 5) is 27.0. The molecule has 7 nitrogen and oxygen atoms in total. The summed E-state index contributed by atoms with van der Waals surface area (Å²) in [6.07, 6.45) is 7.26. The summed E-state index contributed by atoms with van der Waals surface area (Å²) in [5.74, 6) is 0.690. The fourth-order valence-electron chi connectivity index (χ4n) is 2.71. The Hall–Kier alpha value is -2.70. The quantitative estimate of drug-likeness (QED) is 0.866. The van der Waals surface area contributed by atoms with E-state index in [0.717, 1.165) is 31.6 Å². The molecule has 3 N–H and O–H groups in total. The number of hydrogen-bond donors (Lipinski definition) is 2. The molecule has 0 saturated carbocycles. The summed E-state index contributed by atoms with van der Waals surface area (Å²) in [6, 6.07) is 5.44. The molecule has 0 bridgehead atoms. The Balaban J connectivity index is 1.55. The average Bonchev–Trinajstić information content (AvgIpc) is 2.58. The van der Waals surface area contributed by atoms with Gasteiger partial charge in [-0.1, -0.05) is 0 Å². The average molecular weight is 312 g/mol. The van der Waals surface area contributed by atoms with Crippen LogP contribution in [0.15, 0.2) is 36.8 Å². The summed E-state index contributed by atoms with van der Waals surface area (Å²) in [7, 11) is 0. The first kappa shape index (κ1) is 15.2. The van der Waals surface area contributed by atoms with Crippen LogP contribution in [0.2, 0.25) is 0 Å². The predicted octanol–water partition coefficient (Wildman–Crippen LogP) is 0.781. The van der Waals surface area contributed by atoms with Crippen molar-refractivity contribution in [3.63, 3.8) is 0 Å². The molecule has 1 atom stereocenters. The number of rotatable bonds is 4. The van der Waals surface area contributed by atoms with Crippen LogP contribution in [-0.4, -0.2) is 40.0 Å². The first-order valence-electron chi connectivity index (χ1n) is 7.72. The number of aromatic nitrogens is 3. The van der Waals surface area contributed by atoms with Crippen molar-refractivity contribution in [3.05, 3.63) is 42.5 Å². The van der Waals surface area contributed by atoms with Crippen LogP contribution in [0.25, 0.3) is 0 Å². The standard InChI is InChI=1S/C16H20N6O/c17-12-4-5-13(20-10-12)9-15(23)21-14-3-1-8-22(11-14)16-18-6-2-7-19-16/h2,4-7,10,14H,1,3,8-9,11,17H2,(H,21,23). The number of piperidine rings is 1. The van der Waals surface area contributed by atoms with Crippen LogP contribution in [-0.2, 0) is 11.2 Å². The first-order chi connectivity index (χ1) is 11.2. The normalized spacial score (nSPS) is 17.7. The van der Waals surface area contributed by atoms with Crippen molar-refractivity contribution in [1.29, 1.82) is 0 Å². The lowest BCUT2D eigenvalue weighted by Crippen LogP contribution is -2.48. The van der Waals surface area contributed by atoms with E-state index < -0.39 is 0 Å². The SMILES string of the molecule is Nc1ccc(CC(=O)NC2CCCN(c3ncccn3)C2)nc1. The van der Waals surface area contributed by atoms with Gasteiger partial charge in [0.2, 0.25) is 11.9 Å². The number of carbonyl (C=O) groups is 1. The molecule has 1 amide bonds. The molecular weight excluding hydrogens is 292 g/mol. The molecule has 0 radical (unpaired) electrons. The second kappa shape index (κ2) is 7.04. The van der Waals surface area contributed by atoms with Gasteiger partial charge >= 0.3 is 0 Å². The molecule has 1 fully saturated rings. The van der Waals surface area contributed by atoms with E-state index >= 15 is 0 Å². The predicted molar refractivity (Wildman–Crippen MR) is 87.8 cm³/mol. The van der Waals surface area contributed by atoms with E-state index in [0.29, 0.717) is 11.6 Å². The molecule has 0 spiro atoms. The van der Waals surface area contributed by atoms with Gasteiger partial charge in [0.05, 0.1) is 18.3 Å². The Morgan fingerprint density at radius 1 is 1.30 bits per heavy atom. The minimum Gasteiger partial charge on any atom is -0.397 e. The zero-order chi connectivity index (χ0) is 16.1. The Morgan fingerprint density at radius 2 is 2.13 bits per heavy atom. The van der Waals surface area contributed by atoms with Crippen molar-refractivity contribution in [1.82, 2.24) is 20.3 Å². The Kier molecular flexibility index (Phi) is 4.65. The molecule has 2 aromatic rings. The Bertz CT molecular complexity index is 645. The van der Waals surface area contributed by atoms with E-state index in [9.17, 15) is 4.79 Å². The van der Waals surface area contributed by atoms with E-state index in [-0.39, 0.29) is 18.4 Å². The lowest BCUT2D eigenvalue weighted by atomic mass is 10.1. The fraction of sp³-hybridized carbons (Fsp3) is 0.375. The van der Waals surface area contributed by atoms with Crippen molar-refractivity contribution in [2.75, 3.05) is 23.7 Å². The molecule has 1 aliphatic rings. The van der Waals surface area contributed by atoms with Gasteiger partial charge in [0, 0.05) is 37.2 Å². The largest absolute Gasteiger partial charge is 0.397 e.